The van der Waals surface area contributed by atoms with E-state index < -0.39 is 0 Å². The van der Waals surface area contributed by atoms with Crippen LogP contribution >= 0.6 is 0 Å². The van der Waals surface area contributed by atoms with Gasteiger partial charge in [0.15, 0.2) is 0 Å². The maximum absolute atomic E-state index is 12.9. The van der Waals surface area contributed by atoms with Gasteiger partial charge in [-0.15, -0.1) is 0 Å². The van der Waals surface area contributed by atoms with E-state index in [2.05, 4.69) is 39.0 Å². The van der Waals surface area contributed by atoms with Crippen molar-refractivity contribution in [2.45, 2.75) is 54.1 Å². The van der Waals surface area contributed by atoms with Crippen molar-refractivity contribution in [1.82, 2.24) is 15.1 Å². The van der Waals surface area contributed by atoms with Gasteiger partial charge in [0.05, 0.1) is 12.2 Å². The molecule has 178 valence electrons. The SMILES string of the molecule is CCCn1cc(CN=C(NC(=O)c2ccc(NC(C)=O)cc2)Nc2ccc(C)cc2C)c(C)n1. The van der Waals surface area contributed by atoms with Crippen LogP contribution in [0.25, 0.3) is 0 Å². The van der Waals surface area contributed by atoms with Crippen molar-refractivity contribution in [2.75, 3.05) is 10.6 Å². The summed E-state index contributed by atoms with van der Waals surface area (Å²) >= 11 is 0. The summed E-state index contributed by atoms with van der Waals surface area (Å²) in [6.45, 7) is 10.8. The van der Waals surface area contributed by atoms with Crippen LogP contribution in [0.2, 0.25) is 0 Å². The Morgan fingerprint density at radius 3 is 2.41 bits per heavy atom. The number of aryl methyl sites for hydroxylation is 4. The van der Waals surface area contributed by atoms with Gasteiger partial charge in [-0.1, -0.05) is 24.6 Å². The predicted molar refractivity (Wildman–Crippen MR) is 136 cm³/mol. The molecule has 0 bridgehead atoms. The lowest BCUT2D eigenvalue weighted by molar-refractivity contribution is -0.114. The van der Waals surface area contributed by atoms with Crippen LogP contribution < -0.4 is 16.0 Å². The fraction of sp³-hybridized carbons (Fsp3) is 0.308. The first kappa shape index (κ1) is 24.7. The van der Waals surface area contributed by atoms with E-state index in [1.165, 1.54) is 6.92 Å². The molecule has 0 aliphatic carbocycles. The second-order valence-electron chi connectivity index (χ2n) is 8.32. The van der Waals surface area contributed by atoms with E-state index in [-0.39, 0.29) is 11.8 Å². The van der Waals surface area contributed by atoms with E-state index in [1.54, 1.807) is 24.3 Å². The molecule has 3 N–H and O–H groups in total. The maximum Gasteiger partial charge on any atom is 0.257 e. The van der Waals surface area contributed by atoms with Crippen molar-refractivity contribution in [1.29, 1.82) is 0 Å². The molecule has 34 heavy (non-hydrogen) atoms. The molecule has 0 unspecified atom stereocenters. The molecule has 3 rings (SSSR count). The van der Waals surface area contributed by atoms with E-state index in [0.29, 0.717) is 23.8 Å². The first-order chi connectivity index (χ1) is 16.2. The molecule has 0 atom stereocenters. The third kappa shape index (κ3) is 6.78. The van der Waals surface area contributed by atoms with Crippen LogP contribution in [0.3, 0.4) is 0 Å². The Kier molecular flexibility index (Phi) is 8.19. The minimum absolute atomic E-state index is 0.165. The number of guanidine groups is 1. The van der Waals surface area contributed by atoms with Gasteiger partial charge in [0.2, 0.25) is 11.9 Å². The van der Waals surface area contributed by atoms with E-state index in [4.69, 9.17) is 0 Å². The number of aliphatic imine (C=N–C) groups is 1. The largest absolute Gasteiger partial charge is 0.326 e. The Morgan fingerprint density at radius 1 is 1.03 bits per heavy atom. The van der Waals surface area contributed by atoms with Crippen molar-refractivity contribution in [3.63, 3.8) is 0 Å². The highest BCUT2D eigenvalue weighted by Crippen LogP contribution is 2.17. The highest BCUT2D eigenvalue weighted by molar-refractivity contribution is 6.10. The number of benzene rings is 2. The first-order valence-electron chi connectivity index (χ1n) is 11.4. The predicted octanol–water partition coefficient (Wildman–Crippen LogP) is 4.57. The van der Waals surface area contributed by atoms with Crippen LogP contribution in [0, 0.1) is 20.8 Å². The lowest BCUT2D eigenvalue weighted by Gasteiger charge is -2.14. The molecule has 3 aromatic rings. The number of hydrogen-bond donors (Lipinski definition) is 3. The number of anilines is 2. The average Bonchev–Trinajstić information content (AvgIpc) is 3.13. The topological polar surface area (TPSA) is 100 Å². The van der Waals surface area contributed by atoms with Crippen molar-refractivity contribution >= 4 is 29.1 Å². The fourth-order valence-corrected chi connectivity index (χ4v) is 3.50. The van der Waals surface area contributed by atoms with Gasteiger partial charge in [-0.05, 0) is 63.1 Å². The van der Waals surface area contributed by atoms with Crippen molar-refractivity contribution in [3.8, 4) is 0 Å². The van der Waals surface area contributed by atoms with Crippen LogP contribution in [0.15, 0.2) is 53.7 Å². The van der Waals surface area contributed by atoms with Crippen LogP contribution in [-0.2, 0) is 17.9 Å². The minimum Gasteiger partial charge on any atom is -0.326 e. The van der Waals surface area contributed by atoms with Crippen molar-refractivity contribution in [2.24, 2.45) is 4.99 Å². The molecule has 0 radical (unpaired) electrons. The smallest absolute Gasteiger partial charge is 0.257 e. The monoisotopic (exact) mass is 460 g/mol. The van der Waals surface area contributed by atoms with E-state index in [0.717, 1.165) is 41.0 Å². The molecular weight excluding hydrogens is 428 g/mol. The summed E-state index contributed by atoms with van der Waals surface area (Å²) in [6, 6.07) is 12.8. The molecule has 0 aliphatic heterocycles. The zero-order valence-electron chi connectivity index (χ0n) is 20.4. The summed E-state index contributed by atoms with van der Waals surface area (Å²) in [5.74, 6) is -0.115. The fourth-order valence-electron chi connectivity index (χ4n) is 3.50. The molecule has 0 saturated heterocycles. The molecule has 0 fully saturated rings. The number of rotatable bonds is 7. The molecule has 0 aliphatic rings. The summed E-state index contributed by atoms with van der Waals surface area (Å²) in [7, 11) is 0. The number of carbonyl (C=O) groups is 2. The van der Waals surface area contributed by atoms with Crippen LogP contribution in [0.1, 0.15) is 53.0 Å². The lowest BCUT2D eigenvalue weighted by Crippen LogP contribution is -2.36. The van der Waals surface area contributed by atoms with Crippen LogP contribution in [0.4, 0.5) is 11.4 Å². The standard InChI is InChI=1S/C26H32N6O2/c1-6-13-32-16-22(19(4)31-32)15-27-26(29-24-12-7-17(2)14-18(24)3)30-25(34)21-8-10-23(11-9-21)28-20(5)33/h7-12,14,16H,6,13,15H2,1-5H3,(H,28,33)(H2,27,29,30,34). The summed E-state index contributed by atoms with van der Waals surface area (Å²) in [4.78, 5) is 28.9. The summed E-state index contributed by atoms with van der Waals surface area (Å²) in [5.41, 5.74) is 6.08. The zero-order valence-corrected chi connectivity index (χ0v) is 20.4. The zero-order chi connectivity index (χ0) is 24.7. The Hall–Kier alpha value is -3.94. The molecule has 1 heterocycles. The third-order valence-corrected chi connectivity index (χ3v) is 5.24. The first-order valence-corrected chi connectivity index (χ1v) is 11.4. The number of aromatic nitrogens is 2. The summed E-state index contributed by atoms with van der Waals surface area (Å²) in [6.07, 6.45) is 3.00. The van der Waals surface area contributed by atoms with E-state index >= 15 is 0 Å². The Morgan fingerprint density at radius 2 is 1.76 bits per heavy atom. The molecule has 2 amide bonds. The second-order valence-corrected chi connectivity index (χ2v) is 8.32. The number of nitrogens with one attached hydrogen (secondary N) is 3. The van der Waals surface area contributed by atoms with Gasteiger partial charge in [-0.25, -0.2) is 4.99 Å². The van der Waals surface area contributed by atoms with Gasteiger partial charge in [-0.2, -0.15) is 5.10 Å². The Bertz CT molecular complexity index is 1190. The lowest BCUT2D eigenvalue weighted by atomic mass is 10.1. The molecule has 8 heteroatoms. The van der Waals surface area contributed by atoms with Crippen molar-refractivity contribution < 1.29 is 9.59 Å². The number of nitrogens with zero attached hydrogens (tertiary/aromatic N) is 3. The molecule has 8 nitrogen and oxygen atoms in total. The van der Waals surface area contributed by atoms with Crippen LogP contribution in [0.5, 0.6) is 0 Å². The number of amides is 2. The quantitative estimate of drug-likeness (QED) is 0.355. The average molecular weight is 461 g/mol. The molecular formula is C26H32N6O2. The van der Waals surface area contributed by atoms with Gasteiger partial charge in [0, 0.05) is 42.2 Å². The molecule has 1 aromatic heterocycles. The van der Waals surface area contributed by atoms with Gasteiger partial charge in [0.1, 0.15) is 0 Å². The summed E-state index contributed by atoms with van der Waals surface area (Å²) < 4.78 is 1.92. The third-order valence-electron chi connectivity index (χ3n) is 5.24. The van der Waals surface area contributed by atoms with Gasteiger partial charge >= 0.3 is 0 Å². The maximum atomic E-state index is 12.9. The molecule has 2 aromatic carbocycles. The van der Waals surface area contributed by atoms with Gasteiger partial charge in [0.25, 0.3) is 5.91 Å². The highest BCUT2D eigenvalue weighted by Gasteiger charge is 2.12. The summed E-state index contributed by atoms with van der Waals surface area (Å²) in [5, 5.41) is 13.4. The van der Waals surface area contributed by atoms with Crippen molar-refractivity contribution in [3.05, 3.63) is 76.6 Å². The van der Waals surface area contributed by atoms with Gasteiger partial charge < -0.3 is 10.6 Å². The normalized spacial score (nSPS) is 11.3. The molecule has 0 spiro atoms. The van der Waals surface area contributed by atoms with E-state index in [1.807, 2.05) is 43.8 Å². The Labute approximate surface area is 200 Å². The minimum atomic E-state index is -0.302. The number of carbonyl (C=O) groups excluding carboxylic acids is 2. The van der Waals surface area contributed by atoms with Crippen LogP contribution in [-0.4, -0.2) is 27.6 Å². The van der Waals surface area contributed by atoms with Gasteiger partial charge in [-0.3, -0.25) is 19.6 Å². The second kappa shape index (κ2) is 11.3. The van der Waals surface area contributed by atoms with E-state index in [9.17, 15) is 9.59 Å². The Balaban J connectivity index is 1.82. The number of hydrogen-bond acceptors (Lipinski definition) is 4. The molecule has 0 saturated carbocycles. The highest BCUT2D eigenvalue weighted by atomic mass is 16.2.